The smallest absolute Gasteiger partial charge is 0.221 e. The van der Waals surface area contributed by atoms with E-state index in [2.05, 4.69) is 29.6 Å². The van der Waals surface area contributed by atoms with Gasteiger partial charge in [-0.2, -0.15) is 0 Å². The van der Waals surface area contributed by atoms with Gasteiger partial charge in [0.15, 0.2) is 0 Å². The SMILES string of the molecule is CC(CSc1cccc(CNC2CC2)c1)C(N)=O. The second-order valence-corrected chi connectivity index (χ2v) is 6.01. The minimum Gasteiger partial charge on any atom is -0.369 e. The molecule has 3 N–H and O–H groups in total. The second kappa shape index (κ2) is 6.25. The Morgan fingerprint density at radius 1 is 1.56 bits per heavy atom. The van der Waals surface area contributed by atoms with Crippen molar-refractivity contribution < 1.29 is 4.79 Å². The van der Waals surface area contributed by atoms with Gasteiger partial charge in [0.1, 0.15) is 0 Å². The van der Waals surface area contributed by atoms with E-state index in [1.807, 2.05) is 6.92 Å². The van der Waals surface area contributed by atoms with Crippen LogP contribution in [0.4, 0.5) is 0 Å². The van der Waals surface area contributed by atoms with Gasteiger partial charge < -0.3 is 11.1 Å². The molecule has 0 bridgehead atoms. The molecule has 0 saturated heterocycles. The summed E-state index contributed by atoms with van der Waals surface area (Å²) in [5.74, 6) is 0.437. The van der Waals surface area contributed by atoms with Crippen LogP contribution < -0.4 is 11.1 Å². The normalized spacial score (nSPS) is 16.5. The van der Waals surface area contributed by atoms with Crippen molar-refractivity contribution in [2.75, 3.05) is 5.75 Å². The number of amides is 1. The Bertz CT molecular complexity index is 418. The molecule has 4 heteroatoms. The Morgan fingerprint density at radius 2 is 2.33 bits per heavy atom. The van der Waals surface area contributed by atoms with Gasteiger partial charge >= 0.3 is 0 Å². The van der Waals surface area contributed by atoms with E-state index >= 15 is 0 Å². The summed E-state index contributed by atoms with van der Waals surface area (Å²) >= 11 is 1.69. The molecule has 1 aliphatic rings. The highest BCUT2D eigenvalue weighted by atomic mass is 32.2. The third-order valence-corrected chi connectivity index (χ3v) is 4.31. The molecule has 1 atom stereocenters. The number of primary amides is 1. The zero-order valence-corrected chi connectivity index (χ0v) is 11.5. The molecule has 1 amide bonds. The zero-order chi connectivity index (χ0) is 13.0. The Kier molecular flexibility index (Phi) is 4.66. The molecule has 1 aromatic rings. The highest BCUT2D eigenvalue weighted by molar-refractivity contribution is 7.99. The molecule has 3 nitrogen and oxygen atoms in total. The number of carbonyl (C=O) groups is 1. The maximum Gasteiger partial charge on any atom is 0.221 e. The third kappa shape index (κ3) is 4.35. The van der Waals surface area contributed by atoms with Crippen molar-refractivity contribution in [3.05, 3.63) is 29.8 Å². The lowest BCUT2D eigenvalue weighted by Gasteiger charge is -2.08. The predicted molar refractivity (Wildman–Crippen MR) is 75.4 cm³/mol. The topological polar surface area (TPSA) is 55.1 Å². The van der Waals surface area contributed by atoms with Crippen LogP contribution in [0, 0.1) is 5.92 Å². The van der Waals surface area contributed by atoms with Gasteiger partial charge in [-0.3, -0.25) is 4.79 Å². The molecule has 18 heavy (non-hydrogen) atoms. The van der Waals surface area contributed by atoms with Crippen LogP contribution in [-0.4, -0.2) is 17.7 Å². The number of nitrogens with one attached hydrogen (secondary N) is 1. The van der Waals surface area contributed by atoms with Gasteiger partial charge in [0.2, 0.25) is 5.91 Å². The molecule has 1 unspecified atom stereocenters. The van der Waals surface area contributed by atoms with Crippen LogP contribution in [0.5, 0.6) is 0 Å². The Balaban J connectivity index is 1.83. The third-order valence-electron chi connectivity index (χ3n) is 3.06. The number of nitrogens with two attached hydrogens (primary N) is 1. The van der Waals surface area contributed by atoms with Crippen LogP contribution in [0.15, 0.2) is 29.2 Å². The van der Waals surface area contributed by atoms with Crippen molar-refractivity contribution in [2.24, 2.45) is 11.7 Å². The van der Waals surface area contributed by atoms with E-state index < -0.39 is 0 Å². The van der Waals surface area contributed by atoms with Crippen molar-refractivity contribution in [1.29, 1.82) is 0 Å². The Labute approximate surface area is 113 Å². The molecular weight excluding hydrogens is 244 g/mol. The second-order valence-electron chi connectivity index (χ2n) is 4.92. The molecule has 2 rings (SSSR count). The van der Waals surface area contributed by atoms with Crippen molar-refractivity contribution in [3.63, 3.8) is 0 Å². The van der Waals surface area contributed by atoms with Gasteiger partial charge in [-0.15, -0.1) is 11.8 Å². The maximum absolute atomic E-state index is 11.0. The van der Waals surface area contributed by atoms with Gasteiger partial charge in [0.25, 0.3) is 0 Å². The van der Waals surface area contributed by atoms with Gasteiger partial charge in [0.05, 0.1) is 0 Å². The van der Waals surface area contributed by atoms with E-state index in [1.54, 1.807) is 11.8 Å². The summed E-state index contributed by atoms with van der Waals surface area (Å²) < 4.78 is 0. The van der Waals surface area contributed by atoms with Crippen LogP contribution in [0.3, 0.4) is 0 Å². The average Bonchev–Trinajstić information content (AvgIpc) is 3.18. The van der Waals surface area contributed by atoms with Crippen LogP contribution in [0.1, 0.15) is 25.3 Å². The van der Waals surface area contributed by atoms with Crippen LogP contribution >= 0.6 is 11.8 Å². The maximum atomic E-state index is 11.0. The highest BCUT2D eigenvalue weighted by Crippen LogP contribution is 2.23. The summed E-state index contributed by atoms with van der Waals surface area (Å²) in [5, 5.41) is 3.50. The molecule has 1 aliphatic carbocycles. The van der Waals surface area contributed by atoms with Gasteiger partial charge in [-0.05, 0) is 30.5 Å². The van der Waals surface area contributed by atoms with Crippen molar-refractivity contribution in [3.8, 4) is 0 Å². The molecular formula is C14H20N2OS. The summed E-state index contributed by atoms with van der Waals surface area (Å²) in [4.78, 5) is 12.2. The number of hydrogen-bond acceptors (Lipinski definition) is 3. The summed E-state index contributed by atoms with van der Waals surface area (Å²) in [7, 11) is 0. The quantitative estimate of drug-likeness (QED) is 0.742. The Morgan fingerprint density at radius 3 is 3.00 bits per heavy atom. The number of benzene rings is 1. The number of hydrogen-bond donors (Lipinski definition) is 2. The first kappa shape index (κ1) is 13.4. The molecule has 0 aliphatic heterocycles. The average molecular weight is 264 g/mol. The van der Waals surface area contributed by atoms with E-state index in [4.69, 9.17) is 5.73 Å². The van der Waals surface area contributed by atoms with E-state index in [0.717, 1.165) is 18.3 Å². The van der Waals surface area contributed by atoms with Crippen LogP contribution in [-0.2, 0) is 11.3 Å². The van der Waals surface area contributed by atoms with Crippen LogP contribution in [0.25, 0.3) is 0 Å². The first-order valence-corrected chi connectivity index (χ1v) is 7.38. The fourth-order valence-electron chi connectivity index (χ4n) is 1.60. The van der Waals surface area contributed by atoms with E-state index in [9.17, 15) is 4.79 Å². The minimum atomic E-state index is -0.228. The van der Waals surface area contributed by atoms with Crippen molar-refractivity contribution in [2.45, 2.75) is 37.2 Å². The molecule has 0 radical (unpaired) electrons. The molecule has 0 heterocycles. The molecule has 1 fully saturated rings. The first-order valence-electron chi connectivity index (χ1n) is 6.39. The fourth-order valence-corrected chi connectivity index (χ4v) is 2.61. The molecule has 0 spiro atoms. The van der Waals surface area contributed by atoms with E-state index in [-0.39, 0.29) is 11.8 Å². The highest BCUT2D eigenvalue weighted by Gasteiger charge is 2.19. The fraction of sp³-hybridized carbons (Fsp3) is 0.500. The van der Waals surface area contributed by atoms with Crippen molar-refractivity contribution in [1.82, 2.24) is 5.32 Å². The van der Waals surface area contributed by atoms with Gasteiger partial charge in [-0.25, -0.2) is 0 Å². The summed E-state index contributed by atoms with van der Waals surface area (Å²) in [6.07, 6.45) is 2.62. The van der Waals surface area contributed by atoms with E-state index in [0.29, 0.717) is 0 Å². The zero-order valence-electron chi connectivity index (χ0n) is 10.7. The van der Waals surface area contributed by atoms with Gasteiger partial charge in [0, 0.05) is 29.2 Å². The van der Waals surface area contributed by atoms with E-state index in [1.165, 1.54) is 23.3 Å². The molecule has 1 saturated carbocycles. The minimum absolute atomic E-state index is 0.0803. The van der Waals surface area contributed by atoms with Crippen molar-refractivity contribution >= 4 is 17.7 Å². The standard InChI is InChI=1S/C14H20N2OS/c1-10(14(15)17)9-18-13-4-2-3-11(7-13)8-16-12-5-6-12/h2-4,7,10,12,16H,5-6,8-9H2,1H3,(H2,15,17). The van der Waals surface area contributed by atoms with Gasteiger partial charge in [-0.1, -0.05) is 19.1 Å². The lowest BCUT2D eigenvalue weighted by Crippen LogP contribution is -2.22. The number of thioether (sulfide) groups is 1. The summed E-state index contributed by atoms with van der Waals surface area (Å²) in [5.41, 5.74) is 6.56. The molecule has 98 valence electrons. The molecule has 0 aromatic heterocycles. The van der Waals surface area contributed by atoms with Crippen LogP contribution in [0.2, 0.25) is 0 Å². The molecule has 1 aromatic carbocycles. The number of carbonyl (C=O) groups excluding carboxylic acids is 1. The first-order chi connectivity index (χ1) is 8.65. The summed E-state index contributed by atoms with van der Waals surface area (Å²) in [6, 6.07) is 9.21. The number of rotatable bonds is 7. The predicted octanol–water partition coefficient (Wildman–Crippen LogP) is 2.15. The summed E-state index contributed by atoms with van der Waals surface area (Å²) in [6.45, 7) is 2.80. The largest absolute Gasteiger partial charge is 0.369 e. The lowest BCUT2D eigenvalue weighted by atomic mass is 10.2. The monoisotopic (exact) mass is 264 g/mol. The lowest BCUT2D eigenvalue weighted by molar-refractivity contribution is -0.120. The Hall–Kier alpha value is -1.00.